The van der Waals surface area contributed by atoms with Gasteiger partial charge in [0.2, 0.25) is 5.91 Å². The standard InChI is InChI=1S/C32H27N3O5/c36-30(34-24-15-16-26(31(37)38)27(18-24)22-11-5-2-6-12-22)29(17-23-19-33-28-14-8-7-13-25(23)28)35-32(39)40-20-21-9-3-1-4-10-21/h1-16,18-19,29,33H,17,20H2,(H,34,36)(H,35,39)(H,37,38)/t29-/m0/s1. The van der Waals surface area contributed by atoms with Crippen LogP contribution in [0.15, 0.2) is 109 Å². The Hall–Kier alpha value is -5.37. The molecule has 0 bridgehead atoms. The Balaban J connectivity index is 1.38. The second-order valence-corrected chi connectivity index (χ2v) is 9.24. The van der Waals surface area contributed by atoms with Gasteiger partial charge in [-0.2, -0.15) is 0 Å². The van der Waals surface area contributed by atoms with Crippen LogP contribution in [-0.4, -0.2) is 34.1 Å². The Morgan fingerprint density at radius 3 is 2.30 bits per heavy atom. The highest BCUT2D eigenvalue weighted by molar-refractivity contribution is 6.01. The number of alkyl carbamates (subject to hydrolysis) is 1. The van der Waals surface area contributed by atoms with Crippen LogP contribution in [0, 0.1) is 0 Å². The van der Waals surface area contributed by atoms with Gasteiger partial charge in [0.1, 0.15) is 12.6 Å². The number of amides is 2. The summed E-state index contributed by atoms with van der Waals surface area (Å²) >= 11 is 0. The molecule has 0 fully saturated rings. The molecule has 0 saturated carbocycles. The summed E-state index contributed by atoms with van der Waals surface area (Å²) in [7, 11) is 0. The van der Waals surface area contributed by atoms with Gasteiger partial charge in [0.15, 0.2) is 0 Å². The first kappa shape index (κ1) is 26.2. The Kier molecular flexibility index (Phi) is 7.87. The van der Waals surface area contributed by atoms with Crippen LogP contribution in [0.1, 0.15) is 21.5 Å². The summed E-state index contributed by atoms with van der Waals surface area (Å²) in [5.74, 6) is -1.54. The zero-order chi connectivity index (χ0) is 27.9. The lowest BCUT2D eigenvalue weighted by molar-refractivity contribution is -0.118. The summed E-state index contributed by atoms with van der Waals surface area (Å²) in [4.78, 5) is 41.3. The predicted molar refractivity (Wildman–Crippen MR) is 153 cm³/mol. The van der Waals surface area contributed by atoms with E-state index in [-0.39, 0.29) is 18.6 Å². The van der Waals surface area contributed by atoms with Gasteiger partial charge in [-0.25, -0.2) is 9.59 Å². The maximum atomic E-state index is 13.5. The zero-order valence-electron chi connectivity index (χ0n) is 21.5. The number of hydrogen-bond acceptors (Lipinski definition) is 4. The molecule has 0 aliphatic carbocycles. The number of aromatic amines is 1. The fraction of sp³-hybridized carbons (Fsp3) is 0.0938. The van der Waals surface area contributed by atoms with Crippen LogP contribution in [0.25, 0.3) is 22.0 Å². The molecule has 0 aliphatic rings. The van der Waals surface area contributed by atoms with E-state index in [1.165, 1.54) is 12.1 Å². The van der Waals surface area contributed by atoms with Crippen molar-refractivity contribution in [2.75, 3.05) is 5.32 Å². The first-order valence-electron chi connectivity index (χ1n) is 12.7. The van der Waals surface area contributed by atoms with Crippen molar-refractivity contribution in [3.63, 3.8) is 0 Å². The molecular formula is C32H27N3O5. The number of ether oxygens (including phenoxy) is 1. The summed E-state index contributed by atoms with van der Waals surface area (Å²) in [6.45, 7) is 0.0607. The van der Waals surface area contributed by atoms with Crippen LogP contribution in [0.2, 0.25) is 0 Å². The Bertz CT molecular complexity index is 1650. The van der Waals surface area contributed by atoms with Crippen molar-refractivity contribution in [3.8, 4) is 11.1 Å². The molecule has 5 aromatic rings. The normalized spacial score (nSPS) is 11.5. The van der Waals surface area contributed by atoms with Crippen molar-refractivity contribution in [1.29, 1.82) is 0 Å². The van der Waals surface area contributed by atoms with Crippen molar-refractivity contribution in [1.82, 2.24) is 10.3 Å². The molecule has 0 radical (unpaired) electrons. The summed E-state index contributed by atoms with van der Waals surface area (Å²) in [5.41, 5.74) is 4.27. The fourth-order valence-corrected chi connectivity index (χ4v) is 4.53. The highest BCUT2D eigenvalue weighted by Gasteiger charge is 2.24. The van der Waals surface area contributed by atoms with Crippen molar-refractivity contribution in [2.45, 2.75) is 19.1 Å². The molecule has 4 aromatic carbocycles. The van der Waals surface area contributed by atoms with E-state index in [0.29, 0.717) is 16.8 Å². The Morgan fingerprint density at radius 2 is 1.55 bits per heavy atom. The van der Waals surface area contributed by atoms with Gasteiger partial charge in [-0.15, -0.1) is 0 Å². The van der Waals surface area contributed by atoms with Gasteiger partial charge >= 0.3 is 12.1 Å². The van der Waals surface area contributed by atoms with E-state index in [2.05, 4.69) is 15.6 Å². The molecular weight excluding hydrogens is 506 g/mol. The van der Waals surface area contributed by atoms with Gasteiger partial charge in [0, 0.05) is 29.2 Å². The quantitative estimate of drug-likeness (QED) is 0.185. The third kappa shape index (κ3) is 6.19. The van der Waals surface area contributed by atoms with Gasteiger partial charge in [-0.3, -0.25) is 4.79 Å². The maximum absolute atomic E-state index is 13.5. The highest BCUT2D eigenvalue weighted by atomic mass is 16.5. The number of benzene rings is 4. The number of anilines is 1. The van der Waals surface area contributed by atoms with Gasteiger partial charge in [-0.05, 0) is 46.5 Å². The summed E-state index contributed by atoms with van der Waals surface area (Å²) in [6.07, 6.45) is 1.29. The van der Waals surface area contributed by atoms with Crippen molar-refractivity contribution >= 4 is 34.6 Å². The van der Waals surface area contributed by atoms with Crippen LogP contribution < -0.4 is 10.6 Å². The van der Waals surface area contributed by atoms with Crippen LogP contribution in [0.3, 0.4) is 0 Å². The van der Waals surface area contributed by atoms with Crippen molar-refractivity contribution in [2.24, 2.45) is 0 Å². The summed E-state index contributed by atoms with van der Waals surface area (Å²) in [5, 5.41) is 16.2. The third-order valence-corrected chi connectivity index (χ3v) is 6.52. The van der Waals surface area contributed by atoms with Gasteiger partial charge < -0.3 is 25.5 Å². The molecule has 200 valence electrons. The molecule has 8 heteroatoms. The van der Waals surface area contributed by atoms with Crippen LogP contribution in [0.5, 0.6) is 0 Å². The van der Waals surface area contributed by atoms with Crippen molar-refractivity contribution in [3.05, 3.63) is 126 Å². The summed E-state index contributed by atoms with van der Waals surface area (Å²) in [6, 6.07) is 29.7. The van der Waals surface area contributed by atoms with E-state index in [0.717, 1.165) is 22.0 Å². The van der Waals surface area contributed by atoms with Crippen molar-refractivity contribution < 1.29 is 24.2 Å². The number of carboxylic acid groups (broad SMARTS) is 1. The number of carboxylic acids is 1. The van der Waals surface area contributed by atoms with E-state index >= 15 is 0 Å². The fourth-order valence-electron chi connectivity index (χ4n) is 4.53. The number of carbonyl (C=O) groups excluding carboxylic acids is 2. The molecule has 4 N–H and O–H groups in total. The average Bonchev–Trinajstić information content (AvgIpc) is 3.39. The smallest absolute Gasteiger partial charge is 0.408 e. The Morgan fingerprint density at radius 1 is 0.850 bits per heavy atom. The summed E-state index contributed by atoms with van der Waals surface area (Å²) < 4.78 is 5.38. The molecule has 0 saturated heterocycles. The minimum Gasteiger partial charge on any atom is -0.478 e. The number of rotatable bonds is 9. The van der Waals surface area contributed by atoms with E-state index in [4.69, 9.17) is 4.74 Å². The number of hydrogen-bond donors (Lipinski definition) is 4. The second-order valence-electron chi connectivity index (χ2n) is 9.24. The molecule has 1 heterocycles. The van der Waals surface area contributed by atoms with Gasteiger partial charge in [-0.1, -0.05) is 78.9 Å². The second kappa shape index (κ2) is 12.0. The highest BCUT2D eigenvalue weighted by Crippen LogP contribution is 2.27. The number of aromatic nitrogens is 1. The lowest BCUT2D eigenvalue weighted by atomic mass is 9.98. The predicted octanol–water partition coefficient (Wildman–Crippen LogP) is 6.01. The zero-order valence-corrected chi connectivity index (χ0v) is 21.5. The van der Waals surface area contributed by atoms with Gasteiger partial charge in [0.25, 0.3) is 0 Å². The number of H-pyrrole nitrogens is 1. The first-order chi connectivity index (χ1) is 19.5. The third-order valence-electron chi connectivity index (χ3n) is 6.52. The van der Waals surface area contributed by atoms with Gasteiger partial charge in [0.05, 0.1) is 5.56 Å². The monoisotopic (exact) mass is 533 g/mol. The van der Waals surface area contributed by atoms with Crippen LogP contribution >= 0.6 is 0 Å². The topological polar surface area (TPSA) is 121 Å². The molecule has 0 aliphatic heterocycles. The number of carbonyl (C=O) groups is 3. The number of fused-ring (bicyclic) bond motifs is 1. The number of para-hydroxylation sites is 1. The molecule has 40 heavy (non-hydrogen) atoms. The molecule has 2 amide bonds. The molecule has 1 aromatic heterocycles. The van der Waals surface area contributed by atoms with E-state index in [1.54, 1.807) is 18.2 Å². The Labute approximate surface area is 230 Å². The lowest BCUT2D eigenvalue weighted by Gasteiger charge is -2.19. The maximum Gasteiger partial charge on any atom is 0.408 e. The largest absolute Gasteiger partial charge is 0.478 e. The first-order valence-corrected chi connectivity index (χ1v) is 12.7. The van der Waals surface area contributed by atoms with E-state index in [1.807, 2.05) is 79.0 Å². The molecule has 8 nitrogen and oxygen atoms in total. The number of nitrogens with one attached hydrogen (secondary N) is 3. The van der Waals surface area contributed by atoms with Crippen LogP contribution in [-0.2, 0) is 22.6 Å². The molecule has 1 atom stereocenters. The number of aromatic carboxylic acids is 1. The van der Waals surface area contributed by atoms with E-state index in [9.17, 15) is 19.5 Å². The minimum atomic E-state index is -1.07. The lowest BCUT2D eigenvalue weighted by Crippen LogP contribution is -2.45. The molecule has 0 unspecified atom stereocenters. The minimum absolute atomic E-state index is 0.0607. The molecule has 5 rings (SSSR count). The van der Waals surface area contributed by atoms with E-state index < -0.39 is 24.0 Å². The van der Waals surface area contributed by atoms with Crippen LogP contribution in [0.4, 0.5) is 10.5 Å². The molecule has 0 spiro atoms. The SMILES string of the molecule is O=C(N[C@@H](Cc1c[nH]c2ccccc12)C(=O)Nc1ccc(C(=O)O)c(-c2ccccc2)c1)OCc1ccccc1. The average molecular weight is 534 g/mol.